The second kappa shape index (κ2) is 6.81. The SMILES string of the molecule is CC(C)(C)[C@H]1CCc2c(sc(NC(=O)c3ccc4c(c3)OCO4)c2C(N)=O)C1. The van der Waals surface area contributed by atoms with Crippen LogP contribution in [0.4, 0.5) is 5.00 Å². The first kappa shape index (κ1) is 18.8. The number of nitrogens with two attached hydrogens (primary N) is 1. The van der Waals surface area contributed by atoms with E-state index in [1.165, 1.54) is 11.3 Å². The van der Waals surface area contributed by atoms with Gasteiger partial charge in [-0.1, -0.05) is 20.8 Å². The molecular weight excluding hydrogens is 376 g/mol. The second-order valence-corrected chi connectivity index (χ2v) is 9.51. The smallest absolute Gasteiger partial charge is 0.256 e. The molecule has 6 nitrogen and oxygen atoms in total. The van der Waals surface area contributed by atoms with E-state index < -0.39 is 5.91 Å². The number of fused-ring (bicyclic) bond motifs is 2. The van der Waals surface area contributed by atoms with Crippen molar-refractivity contribution in [2.24, 2.45) is 17.1 Å². The molecule has 2 aromatic rings. The van der Waals surface area contributed by atoms with Gasteiger partial charge in [-0.05, 0) is 54.4 Å². The van der Waals surface area contributed by atoms with E-state index in [0.29, 0.717) is 33.5 Å². The molecule has 1 aliphatic heterocycles. The van der Waals surface area contributed by atoms with Crippen LogP contribution in [0.5, 0.6) is 11.5 Å². The summed E-state index contributed by atoms with van der Waals surface area (Å²) in [6, 6.07) is 5.03. The Kier molecular flexibility index (Phi) is 4.57. The molecule has 28 heavy (non-hydrogen) atoms. The van der Waals surface area contributed by atoms with Gasteiger partial charge in [-0.15, -0.1) is 11.3 Å². The molecule has 3 N–H and O–H groups in total. The molecule has 2 heterocycles. The van der Waals surface area contributed by atoms with Crippen LogP contribution in [-0.4, -0.2) is 18.6 Å². The van der Waals surface area contributed by atoms with Crippen LogP contribution in [0.1, 0.15) is 58.3 Å². The minimum atomic E-state index is -0.493. The van der Waals surface area contributed by atoms with E-state index in [4.69, 9.17) is 15.2 Å². The highest BCUT2D eigenvalue weighted by Gasteiger charge is 2.33. The Morgan fingerprint density at radius 3 is 2.68 bits per heavy atom. The lowest BCUT2D eigenvalue weighted by atomic mass is 9.72. The van der Waals surface area contributed by atoms with Crippen molar-refractivity contribution in [2.45, 2.75) is 40.0 Å². The predicted octanol–water partition coefficient (Wildman–Crippen LogP) is 3.98. The zero-order valence-electron chi connectivity index (χ0n) is 16.3. The first-order valence-corrected chi connectivity index (χ1v) is 10.2. The number of carbonyl (C=O) groups is 2. The van der Waals surface area contributed by atoms with Gasteiger partial charge in [0.15, 0.2) is 11.5 Å². The molecule has 0 saturated heterocycles. The molecule has 1 aromatic carbocycles. The van der Waals surface area contributed by atoms with Gasteiger partial charge in [0, 0.05) is 10.4 Å². The van der Waals surface area contributed by atoms with Crippen molar-refractivity contribution >= 4 is 28.2 Å². The lowest BCUT2D eigenvalue weighted by Gasteiger charge is -2.33. The Bertz CT molecular complexity index is 958. The number of hydrogen-bond acceptors (Lipinski definition) is 5. The zero-order chi connectivity index (χ0) is 20.1. The summed E-state index contributed by atoms with van der Waals surface area (Å²) in [4.78, 5) is 26.1. The van der Waals surface area contributed by atoms with Crippen molar-refractivity contribution in [3.8, 4) is 11.5 Å². The third-order valence-electron chi connectivity index (χ3n) is 5.60. The summed E-state index contributed by atoms with van der Waals surface area (Å²) >= 11 is 1.47. The van der Waals surface area contributed by atoms with Crippen molar-refractivity contribution in [3.63, 3.8) is 0 Å². The van der Waals surface area contributed by atoms with Crippen LogP contribution in [0.25, 0.3) is 0 Å². The third-order valence-corrected chi connectivity index (χ3v) is 6.77. The maximum absolute atomic E-state index is 12.8. The fourth-order valence-electron chi connectivity index (χ4n) is 3.89. The quantitative estimate of drug-likeness (QED) is 0.815. The predicted molar refractivity (Wildman–Crippen MR) is 108 cm³/mol. The Labute approximate surface area is 168 Å². The fraction of sp³-hybridized carbons (Fsp3) is 0.429. The summed E-state index contributed by atoms with van der Waals surface area (Å²) in [6.45, 7) is 6.88. The minimum absolute atomic E-state index is 0.152. The zero-order valence-corrected chi connectivity index (χ0v) is 17.1. The van der Waals surface area contributed by atoms with E-state index in [-0.39, 0.29) is 18.1 Å². The summed E-state index contributed by atoms with van der Waals surface area (Å²) in [7, 11) is 0. The Morgan fingerprint density at radius 1 is 1.21 bits per heavy atom. The molecule has 0 saturated carbocycles. The van der Waals surface area contributed by atoms with E-state index in [2.05, 4.69) is 26.1 Å². The number of benzene rings is 1. The van der Waals surface area contributed by atoms with Gasteiger partial charge in [-0.25, -0.2) is 0 Å². The molecule has 7 heteroatoms. The van der Waals surface area contributed by atoms with Crippen LogP contribution in [0.3, 0.4) is 0 Å². The number of rotatable bonds is 3. The maximum Gasteiger partial charge on any atom is 0.256 e. The average molecular weight is 401 g/mol. The van der Waals surface area contributed by atoms with Gasteiger partial charge in [0.1, 0.15) is 5.00 Å². The van der Waals surface area contributed by atoms with Gasteiger partial charge in [0.2, 0.25) is 6.79 Å². The Hall–Kier alpha value is -2.54. The van der Waals surface area contributed by atoms with Gasteiger partial charge in [-0.3, -0.25) is 9.59 Å². The van der Waals surface area contributed by atoms with Gasteiger partial charge >= 0.3 is 0 Å². The summed E-state index contributed by atoms with van der Waals surface area (Å²) in [5.41, 5.74) is 7.77. The largest absolute Gasteiger partial charge is 0.454 e. The number of thiophene rings is 1. The fourth-order valence-corrected chi connectivity index (χ4v) is 5.21. The van der Waals surface area contributed by atoms with E-state index in [1.807, 2.05) is 0 Å². The molecule has 0 bridgehead atoms. The topological polar surface area (TPSA) is 90.7 Å². The minimum Gasteiger partial charge on any atom is -0.454 e. The lowest BCUT2D eigenvalue weighted by molar-refractivity contribution is 0.1000. The summed E-state index contributed by atoms with van der Waals surface area (Å²) < 4.78 is 10.6. The molecular formula is C21H24N2O4S. The first-order valence-electron chi connectivity index (χ1n) is 9.39. The summed E-state index contributed by atoms with van der Waals surface area (Å²) in [5, 5.41) is 3.43. The molecule has 0 radical (unpaired) electrons. The summed E-state index contributed by atoms with van der Waals surface area (Å²) in [6.07, 6.45) is 2.73. The summed E-state index contributed by atoms with van der Waals surface area (Å²) in [5.74, 6) is 0.909. The van der Waals surface area contributed by atoms with E-state index in [9.17, 15) is 9.59 Å². The second-order valence-electron chi connectivity index (χ2n) is 8.40. The van der Waals surface area contributed by atoms with Gasteiger partial charge in [-0.2, -0.15) is 0 Å². The number of anilines is 1. The molecule has 1 aliphatic carbocycles. The molecule has 1 atom stereocenters. The number of nitrogens with one attached hydrogen (secondary N) is 1. The van der Waals surface area contributed by atoms with Crippen LogP contribution >= 0.6 is 11.3 Å². The molecule has 1 aromatic heterocycles. The van der Waals surface area contributed by atoms with Crippen molar-refractivity contribution in [3.05, 3.63) is 39.8 Å². The third kappa shape index (κ3) is 3.35. The molecule has 148 valence electrons. The molecule has 0 spiro atoms. The van der Waals surface area contributed by atoms with Crippen LogP contribution < -0.4 is 20.5 Å². The van der Waals surface area contributed by atoms with Gasteiger partial charge < -0.3 is 20.5 Å². The molecule has 2 aliphatic rings. The average Bonchev–Trinajstić information content (AvgIpc) is 3.23. The highest BCUT2D eigenvalue weighted by atomic mass is 32.1. The Balaban J connectivity index is 1.62. The van der Waals surface area contributed by atoms with E-state index >= 15 is 0 Å². The Morgan fingerprint density at radius 2 is 1.96 bits per heavy atom. The molecule has 0 fully saturated rings. The van der Waals surface area contributed by atoms with E-state index in [1.54, 1.807) is 18.2 Å². The van der Waals surface area contributed by atoms with Crippen molar-refractivity contribution in [2.75, 3.05) is 12.1 Å². The van der Waals surface area contributed by atoms with Gasteiger partial charge in [0.25, 0.3) is 11.8 Å². The first-order chi connectivity index (χ1) is 13.2. The highest BCUT2D eigenvalue weighted by Crippen LogP contribution is 2.44. The monoisotopic (exact) mass is 400 g/mol. The number of primary amides is 1. The highest BCUT2D eigenvalue weighted by molar-refractivity contribution is 7.17. The van der Waals surface area contributed by atoms with Crippen molar-refractivity contribution in [1.29, 1.82) is 0 Å². The van der Waals surface area contributed by atoms with E-state index in [0.717, 1.165) is 29.7 Å². The maximum atomic E-state index is 12.8. The van der Waals surface area contributed by atoms with Crippen LogP contribution in [0.2, 0.25) is 0 Å². The molecule has 4 rings (SSSR count). The number of carbonyl (C=O) groups excluding carboxylic acids is 2. The molecule has 0 unspecified atom stereocenters. The van der Waals surface area contributed by atoms with Crippen LogP contribution in [0.15, 0.2) is 18.2 Å². The van der Waals surface area contributed by atoms with Crippen LogP contribution in [-0.2, 0) is 12.8 Å². The molecule has 2 amide bonds. The number of hydrogen-bond donors (Lipinski definition) is 2. The number of ether oxygens (including phenoxy) is 2. The van der Waals surface area contributed by atoms with Gasteiger partial charge in [0.05, 0.1) is 5.56 Å². The van der Waals surface area contributed by atoms with Crippen molar-refractivity contribution < 1.29 is 19.1 Å². The normalized spacial score (nSPS) is 17.9. The van der Waals surface area contributed by atoms with Crippen molar-refractivity contribution in [1.82, 2.24) is 0 Å². The number of amides is 2. The standard InChI is InChI=1S/C21H24N2O4S/c1-21(2,3)12-5-6-13-16(9-12)28-20(17(13)18(22)24)23-19(25)11-4-7-14-15(8-11)27-10-26-14/h4,7-8,12H,5-6,9-10H2,1-3H3,(H2,22,24)(H,23,25)/t12-/m0/s1. The lowest BCUT2D eigenvalue weighted by Crippen LogP contribution is -2.27. The van der Waals surface area contributed by atoms with Crippen LogP contribution in [0, 0.1) is 11.3 Å².